The molecule has 0 spiro atoms. The zero-order chi connectivity index (χ0) is 28.7. The van der Waals surface area contributed by atoms with Gasteiger partial charge >= 0.3 is 0 Å². The van der Waals surface area contributed by atoms with Gasteiger partial charge in [-0.3, -0.25) is 0 Å². The fourth-order valence-electron chi connectivity index (χ4n) is 6.55. The minimum absolute atomic E-state index is 0.953. The molecule has 0 nitrogen and oxygen atoms in total. The molecule has 0 N–H and O–H groups in total. The molecule has 0 radical (unpaired) electrons. The van der Waals surface area contributed by atoms with Gasteiger partial charge in [0.15, 0.2) is 0 Å². The van der Waals surface area contributed by atoms with Gasteiger partial charge < -0.3 is 0 Å². The summed E-state index contributed by atoms with van der Waals surface area (Å²) in [5, 5.41) is 0. The van der Waals surface area contributed by atoms with E-state index in [1.54, 1.807) is 0 Å². The normalized spacial score (nSPS) is 14.1. The minimum Gasteiger partial charge on any atom is -0.0654 e. The monoisotopic (exact) mass is 549 g/mol. The molecule has 0 heterocycles. The van der Waals surface area contributed by atoms with Crippen LogP contribution in [0.25, 0.3) is 0 Å². The molecule has 0 amide bonds. The zero-order valence-corrected chi connectivity index (χ0v) is 28.7. The van der Waals surface area contributed by atoms with Gasteiger partial charge in [0.25, 0.3) is 0 Å². The second-order valence-electron chi connectivity index (χ2n) is 14.2. The Kier molecular flexibility index (Phi) is 32.5. The standard InChI is InChI=1S/C39H80/c1-6-8-10-12-13-14-16-19-23-27-31-37(3)32-28-24-20-17-15-18-21-25-29-34-39(5)36-30-35-38(4)33-26-22-11-9-7-2/h37-39H,6-36H2,1-5H3. The van der Waals surface area contributed by atoms with Crippen molar-refractivity contribution < 1.29 is 0 Å². The van der Waals surface area contributed by atoms with Crippen LogP contribution in [0.1, 0.15) is 234 Å². The Balaban J connectivity index is 3.29. The molecule has 0 saturated heterocycles. The van der Waals surface area contributed by atoms with Gasteiger partial charge in [-0.25, -0.2) is 0 Å². The Morgan fingerprint density at radius 3 is 0.641 bits per heavy atom. The van der Waals surface area contributed by atoms with Crippen LogP contribution >= 0.6 is 0 Å². The van der Waals surface area contributed by atoms with E-state index >= 15 is 0 Å². The van der Waals surface area contributed by atoms with Crippen LogP contribution in [0.2, 0.25) is 0 Å². The summed E-state index contributed by atoms with van der Waals surface area (Å²) in [5.41, 5.74) is 0. The molecule has 0 aromatic carbocycles. The van der Waals surface area contributed by atoms with E-state index in [9.17, 15) is 0 Å². The van der Waals surface area contributed by atoms with Crippen molar-refractivity contribution in [2.45, 2.75) is 234 Å². The first-order valence-corrected chi connectivity index (χ1v) is 19.1. The molecule has 3 atom stereocenters. The van der Waals surface area contributed by atoms with E-state index < -0.39 is 0 Å². The SMILES string of the molecule is CCCCCCCCCCCCC(C)CCCCCCCCCCCC(C)CCCC(C)CCCCCCC. The van der Waals surface area contributed by atoms with Gasteiger partial charge in [-0.15, -0.1) is 0 Å². The highest BCUT2D eigenvalue weighted by Gasteiger charge is 2.06. The Morgan fingerprint density at radius 2 is 0.410 bits per heavy atom. The van der Waals surface area contributed by atoms with Crippen molar-refractivity contribution in [2.75, 3.05) is 0 Å². The number of rotatable bonds is 33. The van der Waals surface area contributed by atoms with Gasteiger partial charge in [-0.1, -0.05) is 234 Å². The van der Waals surface area contributed by atoms with Crippen LogP contribution in [0.15, 0.2) is 0 Å². The molecule has 0 aliphatic rings. The third-order valence-corrected chi connectivity index (χ3v) is 9.64. The zero-order valence-electron chi connectivity index (χ0n) is 28.7. The summed E-state index contributed by atoms with van der Waals surface area (Å²) < 4.78 is 0. The van der Waals surface area contributed by atoms with Crippen molar-refractivity contribution in [3.8, 4) is 0 Å². The van der Waals surface area contributed by atoms with Crippen LogP contribution in [-0.2, 0) is 0 Å². The van der Waals surface area contributed by atoms with Crippen LogP contribution < -0.4 is 0 Å². The molecule has 0 bridgehead atoms. The molecule has 0 aliphatic carbocycles. The van der Waals surface area contributed by atoms with Crippen molar-refractivity contribution in [1.29, 1.82) is 0 Å². The summed E-state index contributed by atoms with van der Waals surface area (Å²) in [5.74, 6) is 2.87. The Hall–Kier alpha value is 0. The number of unbranched alkanes of at least 4 members (excludes halogenated alkanes) is 21. The van der Waals surface area contributed by atoms with E-state index in [1.165, 1.54) is 199 Å². The predicted octanol–water partition coefficient (Wildman–Crippen LogP) is 15.0. The Labute approximate surface area is 251 Å². The molecule has 0 fully saturated rings. The lowest BCUT2D eigenvalue weighted by atomic mass is 9.92. The highest BCUT2D eigenvalue weighted by atomic mass is 14.1. The molecule has 0 saturated carbocycles. The van der Waals surface area contributed by atoms with Crippen LogP contribution in [0, 0.1) is 17.8 Å². The van der Waals surface area contributed by atoms with Gasteiger partial charge in [0.2, 0.25) is 0 Å². The Morgan fingerprint density at radius 1 is 0.231 bits per heavy atom. The lowest BCUT2D eigenvalue weighted by Crippen LogP contribution is -1.99. The second-order valence-corrected chi connectivity index (χ2v) is 14.2. The summed E-state index contributed by atoms with van der Waals surface area (Å²) in [7, 11) is 0. The minimum atomic E-state index is 0.953. The molecule has 236 valence electrons. The first-order chi connectivity index (χ1) is 19.1. The number of hydrogen-bond donors (Lipinski definition) is 0. The summed E-state index contributed by atoms with van der Waals surface area (Å²) >= 11 is 0. The van der Waals surface area contributed by atoms with Crippen LogP contribution in [-0.4, -0.2) is 0 Å². The maximum Gasteiger partial charge on any atom is -0.0443 e. The molecular formula is C39H80. The van der Waals surface area contributed by atoms with E-state index in [0.29, 0.717) is 0 Å². The van der Waals surface area contributed by atoms with E-state index in [-0.39, 0.29) is 0 Å². The highest BCUT2D eigenvalue weighted by Crippen LogP contribution is 2.22. The maximum absolute atomic E-state index is 2.51. The van der Waals surface area contributed by atoms with E-state index in [4.69, 9.17) is 0 Å². The summed E-state index contributed by atoms with van der Waals surface area (Å²) in [6.07, 6.45) is 45.5. The lowest BCUT2D eigenvalue weighted by Gasteiger charge is -2.14. The van der Waals surface area contributed by atoms with Crippen LogP contribution in [0.4, 0.5) is 0 Å². The van der Waals surface area contributed by atoms with Gasteiger partial charge in [-0.05, 0) is 17.8 Å². The third kappa shape index (κ3) is 32.4. The Bertz CT molecular complexity index is 426. The smallest absolute Gasteiger partial charge is 0.0443 e. The van der Waals surface area contributed by atoms with Crippen molar-refractivity contribution in [3.63, 3.8) is 0 Å². The van der Waals surface area contributed by atoms with Crippen LogP contribution in [0.3, 0.4) is 0 Å². The molecule has 0 aliphatic heterocycles. The van der Waals surface area contributed by atoms with E-state index in [1.807, 2.05) is 0 Å². The fourth-order valence-corrected chi connectivity index (χ4v) is 6.55. The van der Waals surface area contributed by atoms with Crippen molar-refractivity contribution in [2.24, 2.45) is 17.8 Å². The number of hydrogen-bond acceptors (Lipinski definition) is 0. The largest absolute Gasteiger partial charge is 0.0654 e. The van der Waals surface area contributed by atoms with Gasteiger partial charge in [0.1, 0.15) is 0 Å². The molecule has 0 aromatic heterocycles. The van der Waals surface area contributed by atoms with Crippen LogP contribution in [0.5, 0.6) is 0 Å². The van der Waals surface area contributed by atoms with Gasteiger partial charge in [-0.2, -0.15) is 0 Å². The fraction of sp³-hybridized carbons (Fsp3) is 1.00. The molecule has 0 rings (SSSR count). The molecule has 39 heavy (non-hydrogen) atoms. The average molecular weight is 549 g/mol. The van der Waals surface area contributed by atoms with Crippen molar-refractivity contribution in [3.05, 3.63) is 0 Å². The van der Waals surface area contributed by atoms with Gasteiger partial charge in [0.05, 0.1) is 0 Å². The van der Waals surface area contributed by atoms with Crippen molar-refractivity contribution >= 4 is 0 Å². The summed E-state index contributed by atoms with van der Waals surface area (Å²) in [4.78, 5) is 0. The average Bonchev–Trinajstić information content (AvgIpc) is 2.92. The molecule has 0 heteroatoms. The topological polar surface area (TPSA) is 0 Å². The molecule has 0 aromatic rings. The quantitative estimate of drug-likeness (QED) is 0.0715. The van der Waals surface area contributed by atoms with Gasteiger partial charge in [0, 0.05) is 0 Å². The van der Waals surface area contributed by atoms with Crippen molar-refractivity contribution in [1.82, 2.24) is 0 Å². The van der Waals surface area contributed by atoms with E-state index in [0.717, 1.165) is 17.8 Å². The highest BCUT2D eigenvalue weighted by molar-refractivity contribution is 4.60. The lowest BCUT2D eigenvalue weighted by molar-refractivity contribution is 0.391. The first kappa shape index (κ1) is 39.0. The summed E-state index contributed by atoms with van der Waals surface area (Å²) in [6, 6.07) is 0. The molecule has 3 unspecified atom stereocenters. The maximum atomic E-state index is 2.51. The third-order valence-electron chi connectivity index (χ3n) is 9.64. The second kappa shape index (κ2) is 32.5. The summed E-state index contributed by atoms with van der Waals surface area (Å²) in [6.45, 7) is 12.1. The van der Waals surface area contributed by atoms with E-state index in [2.05, 4.69) is 34.6 Å². The first-order valence-electron chi connectivity index (χ1n) is 19.1. The predicted molar refractivity (Wildman–Crippen MR) is 182 cm³/mol. The molecular weight excluding hydrogens is 468 g/mol.